The van der Waals surface area contributed by atoms with Crippen LogP contribution in [0.5, 0.6) is 11.5 Å². The molecule has 1 atom stereocenters. The average Bonchev–Trinajstić information content (AvgIpc) is 3.57. The fraction of sp³-hybridized carbons (Fsp3) is 0.593. The maximum Gasteiger partial charge on any atom is 0.272 e. The van der Waals surface area contributed by atoms with E-state index in [1.165, 1.54) is 19.3 Å². The largest absolute Gasteiger partial charge is 0.496 e. The normalized spacial score (nSPS) is 17.6. The molecule has 4 rings (SSSR count). The minimum Gasteiger partial charge on any atom is -0.496 e. The molecule has 2 heterocycles. The fourth-order valence-electron chi connectivity index (χ4n) is 5.47. The average molecular weight is 498 g/mol. The molecule has 2 aromatic rings. The molecule has 36 heavy (non-hydrogen) atoms. The number of methoxy groups -OCH3 is 2. The number of hydrogen-bond donors (Lipinski definition) is 2. The number of nitrogens with zero attached hydrogens (tertiary/aromatic N) is 3. The Morgan fingerprint density at radius 2 is 1.75 bits per heavy atom. The van der Waals surface area contributed by atoms with E-state index in [1.54, 1.807) is 20.3 Å². The zero-order valence-electron chi connectivity index (χ0n) is 21.5. The molecule has 1 saturated heterocycles. The molecule has 1 saturated carbocycles. The number of aromatic nitrogens is 2. The zero-order chi connectivity index (χ0) is 25.5. The van der Waals surface area contributed by atoms with Gasteiger partial charge in [-0.25, -0.2) is 0 Å². The van der Waals surface area contributed by atoms with E-state index in [2.05, 4.69) is 10.2 Å². The highest BCUT2D eigenvalue weighted by Gasteiger charge is 2.28. The van der Waals surface area contributed by atoms with E-state index < -0.39 is 5.91 Å². The van der Waals surface area contributed by atoms with Crippen LogP contribution >= 0.6 is 0 Å². The number of hydrogen-bond acceptors (Lipinski definition) is 6. The number of carbonyl (C=O) groups is 2. The predicted molar refractivity (Wildman–Crippen MR) is 138 cm³/mol. The molecule has 1 aliphatic carbocycles. The van der Waals surface area contributed by atoms with E-state index in [1.807, 2.05) is 22.9 Å². The van der Waals surface area contributed by atoms with Crippen LogP contribution in [0.1, 0.15) is 74.3 Å². The Morgan fingerprint density at radius 1 is 1.08 bits per heavy atom. The molecule has 2 amide bonds. The van der Waals surface area contributed by atoms with Gasteiger partial charge in [0, 0.05) is 19.0 Å². The van der Waals surface area contributed by atoms with Crippen LogP contribution in [-0.2, 0) is 4.79 Å². The van der Waals surface area contributed by atoms with E-state index >= 15 is 0 Å². The number of carbonyl (C=O) groups excluding carboxylic acids is 2. The summed E-state index contributed by atoms with van der Waals surface area (Å²) >= 11 is 0. The summed E-state index contributed by atoms with van der Waals surface area (Å²) in [6.07, 6.45) is 8.71. The smallest absolute Gasteiger partial charge is 0.272 e. The molecule has 9 nitrogen and oxygen atoms in total. The van der Waals surface area contributed by atoms with Crippen LogP contribution in [-0.4, -0.2) is 66.4 Å². The van der Waals surface area contributed by atoms with Crippen molar-refractivity contribution < 1.29 is 19.1 Å². The molecule has 2 aliphatic rings. The lowest BCUT2D eigenvalue weighted by Crippen LogP contribution is -2.41. The van der Waals surface area contributed by atoms with Gasteiger partial charge in [-0.15, -0.1) is 0 Å². The molecule has 2 fully saturated rings. The van der Waals surface area contributed by atoms with E-state index in [-0.39, 0.29) is 24.4 Å². The lowest BCUT2D eigenvalue weighted by atomic mass is 10.1. The van der Waals surface area contributed by atoms with Crippen molar-refractivity contribution >= 4 is 11.8 Å². The van der Waals surface area contributed by atoms with Crippen molar-refractivity contribution in [2.75, 3.05) is 33.9 Å². The second-order valence-electron chi connectivity index (χ2n) is 9.87. The van der Waals surface area contributed by atoms with Crippen LogP contribution in [0.15, 0.2) is 24.3 Å². The van der Waals surface area contributed by atoms with Crippen molar-refractivity contribution in [3.8, 4) is 22.8 Å². The molecule has 3 N–H and O–H groups in total. The highest BCUT2D eigenvalue weighted by molar-refractivity contribution is 5.94. The third-order valence-corrected chi connectivity index (χ3v) is 7.35. The Kier molecular flexibility index (Phi) is 8.85. The lowest BCUT2D eigenvalue weighted by molar-refractivity contribution is -0.118. The molecule has 0 bridgehead atoms. The van der Waals surface area contributed by atoms with Gasteiger partial charge in [0.25, 0.3) is 5.91 Å². The van der Waals surface area contributed by atoms with Gasteiger partial charge in [0.05, 0.1) is 31.5 Å². The molecule has 1 aromatic heterocycles. The van der Waals surface area contributed by atoms with E-state index in [0.717, 1.165) is 56.6 Å². The number of nitrogens with two attached hydrogens (primary N) is 1. The summed E-state index contributed by atoms with van der Waals surface area (Å²) in [6, 6.07) is 7.32. The van der Waals surface area contributed by atoms with E-state index in [9.17, 15) is 9.59 Å². The summed E-state index contributed by atoms with van der Waals surface area (Å²) in [6.45, 7) is 2.96. The number of benzene rings is 1. The van der Waals surface area contributed by atoms with Crippen LogP contribution < -0.4 is 20.5 Å². The fourth-order valence-corrected chi connectivity index (χ4v) is 5.47. The van der Waals surface area contributed by atoms with Crippen molar-refractivity contribution in [1.29, 1.82) is 0 Å². The topological polar surface area (TPSA) is 112 Å². The Bertz CT molecular complexity index is 1020. The molecular weight excluding hydrogens is 458 g/mol. The summed E-state index contributed by atoms with van der Waals surface area (Å²) in [5.74, 6) is 0.601. The van der Waals surface area contributed by atoms with Crippen LogP contribution in [0.25, 0.3) is 11.3 Å². The monoisotopic (exact) mass is 497 g/mol. The molecule has 196 valence electrons. The molecule has 0 spiro atoms. The number of primary amides is 1. The van der Waals surface area contributed by atoms with Crippen LogP contribution in [0.2, 0.25) is 0 Å². The van der Waals surface area contributed by atoms with Gasteiger partial charge in [0.1, 0.15) is 11.5 Å². The highest BCUT2D eigenvalue weighted by Crippen LogP contribution is 2.41. The number of rotatable bonds is 11. The molecule has 9 heteroatoms. The Hall–Kier alpha value is -3.07. The SMILES string of the molecule is COc1cccc(OC)c1-c1cc(C(=O)N[C@@H](CCN2CCCCC2)CC(N)=O)nn1C1CCCC1. The predicted octanol–water partition coefficient (Wildman–Crippen LogP) is 3.53. The third kappa shape index (κ3) is 6.19. The van der Waals surface area contributed by atoms with Gasteiger partial charge in [-0.3, -0.25) is 14.3 Å². The molecule has 0 radical (unpaired) electrons. The van der Waals surface area contributed by atoms with Gasteiger partial charge >= 0.3 is 0 Å². The van der Waals surface area contributed by atoms with Crippen molar-refractivity contribution in [2.45, 2.75) is 69.9 Å². The summed E-state index contributed by atoms with van der Waals surface area (Å²) in [5, 5.41) is 7.81. The number of likely N-dealkylation sites (tertiary alicyclic amines) is 1. The molecule has 1 aromatic carbocycles. The maximum atomic E-state index is 13.4. The van der Waals surface area contributed by atoms with Gasteiger partial charge in [0.15, 0.2) is 5.69 Å². The first-order valence-electron chi connectivity index (χ1n) is 13.1. The molecule has 0 unspecified atom stereocenters. The van der Waals surface area contributed by atoms with Gasteiger partial charge in [0.2, 0.25) is 5.91 Å². The Morgan fingerprint density at radius 3 is 2.36 bits per heavy atom. The van der Waals surface area contributed by atoms with Crippen molar-refractivity contribution in [1.82, 2.24) is 20.0 Å². The third-order valence-electron chi connectivity index (χ3n) is 7.35. The summed E-state index contributed by atoms with van der Waals surface area (Å²) in [5.41, 5.74) is 7.40. The number of nitrogens with one attached hydrogen (secondary N) is 1. The van der Waals surface area contributed by atoms with E-state index in [4.69, 9.17) is 20.3 Å². The van der Waals surface area contributed by atoms with Crippen molar-refractivity contribution in [3.05, 3.63) is 30.0 Å². The van der Waals surface area contributed by atoms with Crippen molar-refractivity contribution in [2.24, 2.45) is 5.73 Å². The van der Waals surface area contributed by atoms with Gasteiger partial charge in [-0.2, -0.15) is 5.10 Å². The van der Waals surface area contributed by atoms with Crippen LogP contribution in [0, 0.1) is 0 Å². The first-order valence-corrected chi connectivity index (χ1v) is 13.1. The Labute approximate surface area is 213 Å². The highest BCUT2D eigenvalue weighted by atomic mass is 16.5. The summed E-state index contributed by atoms with van der Waals surface area (Å²) in [4.78, 5) is 27.5. The number of ether oxygens (including phenoxy) is 2. The van der Waals surface area contributed by atoms with Crippen molar-refractivity contribution in [3.63, 3.8) is 0 Å². The number of amides is 2. The standard InChI is InChI=1S/C27H39N5O4/c1-35-23-11-8-12-24(36-2)26(23)22-18-21(30-32(22)20-9-4-5-10-20)27(34)29-19(17-25(28)33)13-16-31-14-6-3-7-15-31/h8,11-12,18-20H,3-7,9-10,13-17H2,1-2H3,(H2,28,33)(H,29,34)/t19-/m0/s1. The lowest BCUT2D eigenvalue weighted by Gasteiger charge is -2.28. The minimum atomic E-state index is -0.421. The summed E-state index contributed by atoms with van der Waals surface area (Å²) < 4.78 is 13.3. The number of piperidine rings is 1. The molecular formula is C27H39N5O4. The van der Waals surface area contributed by atoms with Gasteiger partial charge in [-0.1, -0.05) is 25.3 Å². The van der Waals surface area contributed by atoms with E-state index in [0.29, 0.717) is 23.6 Å². The minimum absolute atomic E-state index is 0.107. The first kappa shape index (κ1) is 26.0. The van der Waals surface area contributed by atoms with Gasteiger partial charge in [-0.05, 0) is 63.4 Å². The quantitative estimate of drug-likeness (QED) is 0.491. The van der Waals surface area contributed by atoms with Crippen LogP contribution in [0.3, 0.4) is 0 Å². The summed E-state index contributed by atoms with van der Waals surface area (Å²) in [7, 11) is 3.25. The zero-order valence-corrected chi connectivity index (χ0v) is 21.5. The first-order chi connectivity index (χ1) is 17.5. The second kappa shape index (κ2) is 12.3. The maximum absolute atomic E-state index is 13.4. The van der Waals surface area contributed by atoms with Gasteiger partial charge < -0.3 is 25.4 Å². The second-order valence-corrected chi connectivity index (χ2v) is 9.87. The molecule has 1 aliphatic heterocycles. The Balaban J connectivity index is 1.60. The van der Waals surface area contributed by atoms with Crippen LogP contribution in [0.4, 0.5) is 0 Å².